The van der Waals surface area contributed by atoms with Crippen molar-refractivity contribution in [1.29, 1.82) is 0 Å². The second kappa shape index (κ2) is 5.19. The number of fused-ring (bicyclic) bond motifs is 1. The quantitative estimate of drug-likeness (QED) is 0.613. The number of rotatable bonds is 5. The fourth-order valence-electron chi connectivity index (χ4n) is 2.55. The van der Waals surface area contributed by atoms with Gasteiger partial charge in [0, 0.05) is 25.1 Å². The molecule has 7 heteroatoms. The maximum absolute atomic E-state index is 11.7. The smallest absolute Gasteiger partial charge is 0.277 e. The Labute approximate surface area is 102 Å². The monoisotopic (exact) mass is 263 g/mol. The molecule has 1 heterocycles. The summed E-state index contributed by atoms with van der Waals surface area (Å²) in [5, 5.41) is 0. The first-order valence-electron chi connectivity index (χ1n) is 6.19. The van der Waals surface area contributed by atoms with Crippen LogP contribution in [0.2, 0.25) is 0 Å². The van der Waals surface area contributed by atoms with Gasteiger partial charge in [0.25, 0.3) is 10.2 Å². The molecular weight excluding hydrogens is 242 g/mol. The highest BCUT2D eigenvalue weighted by atomic mass is 32.2. The highest BCUT2D eigenvalue weighted by Crippen LogP contribution is 2.37. The molecule has 0 radical (unpaired) electrons. The van der Waals surface area contributed by atoms with Crippen molar-refractivity contribution in [1.82, 2.24) is 9.44 Å². The molecule has 1 aliphatic carbocycles. The van der Waals surface area contributed by atoms with Crippen LogP contribution in [0.15, 0.2) is 0 Å². The van der Waals surface area contributed by atoms with Gasteiger partial charge >= 0.3 is 0 Å². The Kier molecular flexibility index (Phi) is 4.04. The average Bonchev–Trinajstić information content (AvgIpc) is 2.33. The number of hydrogen-bond acceptors (Lipinski definition) is 4. The van der Waals surface area contributed by atoms with Crippen LogP contribution in [-0.4, -0.2) is 39.8 Å². The van der Waals surface area contributed by atoms with Crippen LogP contribution >= 0.6 is 0 Å². The van der Waals surface area contributed by atoms with Crippen molar-refractivity contribution in [3.63, 3.8) is 0 Å². The number of ether oxygens (including phenoxy) is 1. The van der Waals surface area contributed by atoms with Crippen LogP contribution in [0.4, 0.5) is 0 Å². The van der Waals surface area contributed by atoms with Gasteiger partial charge in [-0.3, -0.25) is 0 Å². The van der Waals surface area contributed by atoms with Crippen LogP contribution in [0.5, 0.6) is 0 Å². The third kappa shape index (κ3) is 2.79. The summed E-state index contributed by atoms with van der Waals surface area (Å²) in [5.41, 5.74) is 5.98. The van der Waals surface area contributed by atoms with Crippen LogP contribution in [0.1, 0.15) is 26.2 Å². The highest BCUT2D eigenvalue weighted by Gasteiger charge is 2.51. The van der Waals surface area contributed by atoms with Crippen molar-refractivity contribution in [3.05, 3.63) is 0 Å². The zero-order valence-electron chi connectivity index (χ0n) is 10.1. The van der Waals surface area contributed by atoms with E-state index in [0.717, 1.165) is 19.3 Å². The van der Waals surface area contributed by atoms with Gasteiger partial charge in [0.1, 0.15) is 0 Å². The molecule has 6 nitrogen and oxygen atoms in total. The van der Waals surface area contributed by atoms with Crippen molar-refractivity contribution < 1.29 is 13.2 Å². The van der Waals surface area contributed by atoms with Crippen LogP contribution < -0.4 is 15.2 Å². The first-order chi connectivity index (χ1) is 8.05. The number of nitrogens with one attached hydrogen (secondary N) is 2. The van der Waals surface area contributed by atoms with Gasteiger partial charge in [0.2, 0.25) is 0 Å². The predicted molar refractivity (Wildman–Crippen MR) is 64.6 cm³/mol. The van der Waals surface area contributed by atoms with Gasteiger partial charge in [-0.1, -0.05) is 6.92 Å². The zero-order valence-corrected chi connectivity index (χ0v) is 10.9. The van der Waals surface area contributed by atoms with Crippen molar-refractivity contribution in [2.24, 2.45) is 11.7 Å². The fraction of sp³-hybridized carbons (Fsp3) is 1.00. The molecule has 1 saturated heterocycles. The number of nitrogens with two attached hydrogens (primary N) is 1. The molecule has 100 valence electrons. The topological polar surface area (TPSA) is 93.5 Å². The highest BCUT2D eigenvalue weighted by molar-refractivity contribution is 7.87. The Bertz CT molecular complexity index is 360. The van der Waals surface area contributed by atoms with Crippen LogP contribution in [-0.2, 0) is 14.9 Å². The average molecular weight is 263 g/mol. The summed E-state index contributed by atoms with van der Waals surface area (Å²) in [6.45, 7) is 3.05. The maximum atomic E-state index is 11.7. The van der Waals surface area contributed by atoms with E-state index in [2.05, 4.69) is 9.44 Å². The van der Waals surface area contributed by atoms with E-state index in [9.17, 15) is 8.42 Å². The fourth-order valence-corrected chi connectivity index (χ4v) is 3.76. The lowest BCUT2D eigenvalue weighted by atomic mass is 9.69. The van der Waals surface area contributed by atoms with E-state index < -0.39 is 10.2 Å². The first-order valence-corrected chi connectivity index (χ1v) is 7.67. The standard InChI is InChI=1S/C10H21N3O3S/c1-2-5-12-17(14,15)13-9-8(11)7-4-3-6-16-10(7)9/h7-10,12-13H,2-6,11H2,1H3. The summed E-state index contributed by atoms with van der Waals surface area (Å²) in [4.78, 5) is 0. The van der Waals surface area contributed by atoms with Crippen molar-refractivity contribution in [2.45, 2.75) is 44.4 Å². The number of hydrogen-bond donors (Lipinski definition) is 3. The minimum atomic E-state index is -3.45. The van der Waals surface area contributed by atoms with Gasteiger partial charge in [-0.25, -0.2) is 4.72 Å². The van der Waals surface area contributed by atoms with Gasteiger partial charge in [0.05, 0.1) is 12.1 Å². The minimum absolute atomic E-state index is 0.0445. The molecule has 4 atom stereocenters. The maximum Gasteiger partial charge on any atom is 0.277 e. The lowest BCUT2D eigenvalue weighted by Gasteiger charge is -2.52. The molecular formula is C10H21N3O3S. The van der Waals surface area contributed by atoms with E-state index in [-0.39, 0.29) is 18.2 Å². The largest absolute Gasteiger partial charge is 0.376 e. The molecule has 0 amide bonds. The zero-order chi connectivity index (χ0) is 12.5. The van der Waals surface area contributed by atoms with E-state index in [1.54, 1.807) is 0 Å². The molecule has 4 unspecified atom stereocenters. The lowest BCUT2D eigenvalue weighted by Crippen LogP contribution is -2.72. The molecule has 2 aliphatic rings. The summed E-state index contributed by atoms with van der Waals surface area (Å²) in [7, 11) is -3.45. The minimum Gasteiger partial charge on any atom is -0.376 e. The molecule has 2 rings (SSSR count). The molecule has 0 aromatic carbocycles. The van der Waals surface area contributed by atoms with E-state index in [4.69, 9.17) is 10.5 Å². The molecule has 2 fully saturated rings. The first kappa shape index (κ1) is 13.2. The molecule has 0 aromatic rings. The Morgan fingerprint density at radius 1 is 1.47 bits per heavy atom. The van der Waals surface area contributed by atoms with Crippen molar-refractivity contribution in [3.8, 4) is 0 Å². The van der Waals surface area contributed by atoms with E-state index in [1.165, 1.54) is 0 Å². The van der Waals surface area contributed by atoms with Crippen LogP contribution in [0, 0.1) is 5.92 Å². The Morgan fingerprint density at radius 3 is 2.94 bits per heavy atom. The molecule has 0 spiro atoms. The molecule has 17 heavy (non-hydrogen) atoms. The van der Waals surface area contributed by atoms with Crippen molar-refractivity contribution >= 4 is 10.2 Å². The van der Waals surface area contributed by atoms with Gasteiger partial charge in [-0.2, -0.15) is 13.1 Å². The molecule has 0 bridgehead atoms. The lowest BCUT2D eigenvalue weighted by molar-refractivity contribution is -0.114. The van der Waals surface area contributed by atoms with Gasteiger partial charge in [0.15, 0.2) is 0 Å². The van der Waals surface area contributed by atoms with Gasteiger partial charge < -0.3 is 10.5 Å². The van der Waals surface area contributed by atoms with E-state index >= 15 is 0 Å². The molecule has 1 aliphatic heterocycles. The normalized spacial score (nSPS) is 37.3. The van der Waals surface area contributed by atoms with Gasteiger partial charge in [-0.05, 0) is 19.3 Å². The van der Waals surface area contributed by atoms with Crippen LogP contribution in [0.3, 0.4) is 0 Å². The second-order valence-electron chi connectivity index (χ2n) is 4.76. The second-order valence-corrected chi connectivity index (χ2v) is 6.29. The Balaban J connectivity index is 1.91. The van der Waals surface area contributed by atoms with Crippen LogP contribution in [0.25, 0.3) is 0 Å². The molecule has 1 saturated carbocycles. The Morgan fingerprint density at radius 2 is 2.24 bits per heavy atom. The third-order valence-corrected chi connectivity index (χ3v) is 4.68. The van der Waals surface area contributed by atoms with E-state index in [1.807, 2.05) is 6.92 Å². The summed E-state index contributed by atoms with van der Waals surface area (Å²) in [6.07, 6.45) is 2.77. The SMILES string of the molecule is CCCNS(=O)(=O)NC1C(N)C2CCCOC21. The summed E-state index contributed by atoms with van der Waals surface area (Å²) < 4.78 is 34.0. The summed E-state index contributed by atoms with van der Waals surface area (Å²) >= 11 is 0. The predicted octanol–water partition coefficient (Wildman–Crippen LogP) is -0.675. The third-order valence-electron chi connectivity index (χ3n) is 3.51. The summed E-state index contributed by atoms with van der Waals surface area (Å²) in [5.74, 6) is 0.308. The Hall–Kier alpha value is -0.210. The molecule has 4 N–H and O–H groups in total. The molecule has 0 aromatic heterocycles. The van der Waals surface area contributed by atoms with Gasteiger partial charge in [-0.15, -0.1) is 0 Å². The van der Waals surface area contributed by atoms with Crippen molar-refractivity contribution in [2.75, 3.05) is 13.2 Å². The van der Waals surface area contributed by atoms with E-state index in [0.29, 0.717) is 19.1 Å². The summed E-state index contributed by atoms with van der Waals surface area (Å²) in [6, 6.07) is -0.409.